The second kappa shape index (κ2) is 8.19. The highest BCUT2D eigenvalue weighted by Gasteiger charge is 2.17. The van der Waals surface area contributed by atoms with E-state index in [2.05, 4.69) is 11.8 Å². The van der Waals surface area contributed by atoms with Crippen molar-refractivity contribution in [2.75, 3.05) is 26.2 Å². The lowest BCUT2D eigenvalue weighted by molar-refractivity contribution is 0.194. The molecule has 1 rings (SSSR count). The fourth-order valence-corrected chi connectivity index (χ4v) is 2.27. The molecular weight excluding hydrogens is 244 g/mol. The van der Waals surface area contributed by atoms with E-state index in [1.165, 1.54) is 0 Å². The number of hydrogen-bond acceptors (Lipinski definition) is 3. The molecule has 0 fully saturated rings. The Morgan fingerprint density at radius 1 is 1.33 bits per heavy atom. The summed E-state index contributed by atoms with van der Waals surface area (Å²) in [6.07, 6.45) is 1.05. The molecule has 0 aromatic heterocycles. The predicted octanol–water partition coefficient (Wildman–Crippen LogP) is 1.76. The van der Waals surface area contributed by atoms with Crippen molar-refractivity contribution >= 4 is 17.2 Å². The Labute approximate surface area is 115 Å². The van der Waals surface area contributed by atoms with Crippen LogP contribution in [0.5, 0.6) is 0 Å². The van der Waals surface area contributed by atoms with Crippen LogP contribution in [0.4, 0.5) is 0 Å². The summed E-state index contributed by atoms with van der Waals surface area (Å²) in [6.45, 7) is 4.68. The molecule has 100 valence electrons. The number of benzene rings is 1. The minimum Gasteiger partial charge on any atom is -0.395 e. The van der Waals surface area contributed by atoms with Crippen molar-refractivity contribution in [3.05, 3.63) is 35.9 Å². The summed E-state index contributed by atoms with van der Waals surface area (Å²) < 4.78 is 0. The Morgan fingerprint density at radius 2 is 2.00 bits per heavy atom. The highest BCUT2D eigenvalue weighted by atomic mass is 32.1. The lowest BCUT2D eigenvalue weighted by Gasteiger charge is -2.26. The Morgan fingerprint density at radius 3 is 2.50 bits per heavy atom. The van der Waals surface area contributed by atoms with Crippen LogP contribution in [0.1, 0.15) is 24.8 Å². The minimum atomic E-state index is 0.0549. The van der Waals surface area contributed by atoms with Crippen LogP contribution in [-0.2, 0) is 0 Å². The Bertz CT molecular complexity index is 350. The molecule has 1 aromatic rings. The lowest BCUT2D eigenvalue weighted by atomic mass is 9.98. The van der Waals surface area contributed by atoms with Crippen LogP contribution in [0, 0.1) is 0 Å². The summed E-state index contributed by atoms with van der Waals surface area (Å²) in [5.74, 6) is 0.0549. The van der Waals surface area contributed by atoms with Crippen LogP contribution >= 0.6 is 12.2 Å². The summed E-state index contributed by atoms with van der Waals surface area (Å²) in [5, 5.41) is 9.08. The Kier molecular flexibility index (Phi) is 6.86. The van der Waals surface area contributed by atoms with Gasteiger partial charge in [0.25, 0.3) is 0 Å². The van der Waals surface area contributed by atoms with Crippen molar-refractivity contribution in [3.8, 4) is 0 Å². The summed E-state index contributed by atoms with van der Waals surface area (Å²) in [4.78, 5) is 2.72. The maximum Gasteiger partial charge on any atom is 0.0816 e. The van der Waals surface area contributed by atoms with E-state index in [0.29, 0.717) is 11.5 Å². The van der Waals surface area contributed by atoms with Crippen LogP contribution in [0.3, 0.4) is 0 Å². The topological polar surface area (TPSA) is 49.5 Å². The molecule has 0 aliphatic rings. The van der Waals surface area contributed by atoms with Crippen molar-refractivity contribution in [1.82, 2.24) is 4.90 Å². The fraction of sp³-hybridized carbons (Fsp3) is 0.500. The van der Waals surface area contributed by atoms with Crippen LogP contribution < -0.4 is 5.73 Å². The number of nitrogens with two attached hydrogens (primary N) is 1. The number of hydrogen-bond donors (Lipinski definition) is 2. The van der Waals surface area contributed by atoms with Crippen LogP contribution in [-0.4, -0.2) is 41.2 Å². The Hall–Kier alpha value is -0.970. The molecule has 4 heteroatoms. The van der Waals surface area contributed by atoms with Crippen LogP contribution in [0.15, 0.2) is 30.3 Å². The summed E-state index contributed by atoms with van der Waals surface area (Å²) in [5.41, 5.74) is 6.99. The monoisotopic (exact) mass is 266 g/mol. The molecule has 1 aromatic carbocycles. The van der Waals surface area contributed by atoms with Gasteiger partial charge in [-0.25, -0.2) is 0 Å². The molecule has 1 unspecified atom stereocenters. The number of aliphatic hydroxyl groups excluding tert-OH is 1. The molecule has 0 bridgehead atoms. The van der Waals surface area contributed by atoms with Gasteiger partial charge < -0.3 is 15.7 Å². The van der Waals surface area contributed by atoms with Gasteiger partial charge in [0.15, 0.2) is 0 Å². The summed E-state index contributed by atoms with van der Waals surface area (Å²) in [7, 11) is 0. The molecule has 0 saturated heterocycles. The van der Waals surface area contributed by atoms with Gasteiger partial charge >= 0.3 is 0 Å². The molecule has 0 aliphatic heterocycles. The van der Waals surface area contributed by atoms with E-state index >= 15 is 0 Å². The molecule has 1 atom stereocenters. The van der Waals surface area contributed by atoms with Gasteiger partial charge in [0.2, 0.25) is 0 Å². The average molecular weight is 266 g/mol. The van der Waals surface area contributed by atoms with Crippen molar-refractivity contribution in [3.63, 3.8) is 0 Å². The molecule has 0 aliphatic carbocycles. The Balaban J connectivity index is 2.76. The summed E-state index contributed by atoms with van der Waals surface area (Å²) in [6, 6.07) is 10.1. The van der Waals surface area contributed by atoms with Gasteiger partial charge in [-0.2, -0.15) is 0 Å². The molecule has 0 heterocycles. The van der Waals surface area contributed by atoms with E-state index in [-0.39, 0.29) is 12.5 Å². The largest absolute Gasteiger partial charge is 0.395 e. The van der Waals surface area contributed by atoms with Crippen molar-refractivity contribution < 1.29 is 5.11 Å². The van der Waals surface area contributed by atoms with E-state index in [1.807, 2.05) is 30.3 Å². The third kappa shape index (κ3) is 4.72. The zero-order valence-electron chi connectivity index (χ0n) is 10.9. The fourth-order valence-electron chi connectivity index (χ4n) is 2.06. The van der Waals surface area contributed by atoms with Crippen LogP contribution in [0.2, 0.25) is 0 Å². The first-order valence-electron chi connectivity index (χ1n) is 6.36. The molecular formula is C14H22N2OS. The quantitative estimate of drug-likeness (QED) is 0.704. The van der Waals surface area contributed by atoms with Gasteiger partial charge in [-0.3, -0.25) is 0 Å². The first kappa shape index (κ1) is 15.1. The maximum absolute atomic E-state index is 9.08. The third-order valence-corrected chi connectivity index (χ3v) is 3.23. The number of aliphatic hydroxyl groups is 1. The maximum atomic E-state index is 9.08. The normalized spacial score (nSPS) is 12.6. The first-order valence-corrected chi connectivity index (χ1v) is 6.77. The molecule has 0 spiro atoms. The second-order valence-electron chi connectivity index (χ2n) is 4.39. The van der Waals surface area contributed by atoms with Crippen molar-refractivity contribution in [1.29, 1.82) is 0 Å². The highest BCUT2D eigenvalue weighted by molar-refractivity contribution is 7.80. The molecule has 0 saturated carbocycles. The molecule has 0 amide bonds. The van der Waals surface area contributed by atoms with E-state index < -0.39 is 0 Å². The number of thiocarbonyl (C=S) groups is 1. The van der Waals surface area contributed by atoms with Gasteiger partial charge in [-0.15, -0.1) is 0 Å². The standard InChI is InChI=1S/C14H22N2OS/c1-2-8-16(9-10-17)11-13(14(15)18)12-6-4-3-5-7-12/h3-7,13,17H,2,8-11H2,1H3,(H2,15,18). The smallest absolute Gasteiger partial charge is 0.0816 e. The van der Waals surface area contributed by atoms with E-state index in [1.54, 1.807) is 0 Å². The van der Waals surface area contributed by atoms with Crippen molar-refractivity contribution in [2.24, 2.45) is 5.73 Å². The minimum absolute atomic E-state index is 0.0549. The average Bonchev–Trinajstić information content (AvgIpc) is 2.37. The number of rotatable bonds is 8. The van der Waals surface area contributed by atoms with Gasteiger partial charge in [-0.05, 0) is 18.5 Å². The van der Waals surface area contributed by atoms with Gasteiger partial charge in [0, 0.05) is 19.0 Å². The lowest BCUT2D eigenvalue weighted by Crippen LogP contribution is -2.36. The summed E-state index contributed by atoms with van der Waals surface area (Å²) >= 11 is 5.17. The van der Waals surface area contributed by atoms with Gasteiger partial charge in [-0.1, -0.05) is 49.5 Å². The first-order chi connectivity index (χ1) is 8.69. The zero-order valence-corrected chi connectivity index (χ0v) is 11.7. The molecule has 0 radical (unpaired) electrons. The van der Waals surface area contributed by atoms with E-state index in [4.69, 9.17) is 23.1 Å². The van der Waals surface area contributed by atoms with Gasteiger partial charge in [0.1, 0.15) is 0 Å². The molecule has 3 nitrogen and oxygen atoms in total. The second-order valence-corrected chi connectivity index (χ2v) is 4.86. The van der Waals surface area contributed by atoms with E-state index in [9.17, 15) is 0 Å². The van der Waals surface area contributed by atoms with Crippen LogP contribution in [0.25, 0.3) is 0 Å². The highest BCUT2D eigenvalue weighted by Crippen LogP contribution is 2.17. The third-order valence-electron chi connectivity index (χ3n) is 2.94. The number of nitrogens with zero attached hydrogens (tertiary/aromatic N) is 1. The van der Waals surface area contributed by atoms with Crippen molar-refractivity contribution in [2.45, 2.75) is 19.3 Å². The van der Waals surface area contributed by atoms with Gasteiger partial charge in [0.05, 0.1) is 11.6 Å². The predicted molar refractivity (Wildman–Crippen MR) is 79.8 cm³/mol. The van der Waals surface area contributed by atoms with E-state index in [0.717, 1.165) is 25.1 Å². The zero-order chi connectivity index (χ0) is 13.4. The molecule has 18 heavy (non-hydrogen) atoms. The SMILES string of the molecule is CCCN(CCO)CC(C(N)=S)c1ccccc1. The molecule has 3 N–H and O–H groups in total.